The molecule has 0 saturated heterocycles. The van der Waals surface area contributed by atoms with Crippen molar-refractivity contribution in [1.82, 2.24) is 5.32 Å². The fraction of sp³-hybridized carbons (Fsp3) is 0.562. The molecule has 2 N–H and O–H groups in total. The number of amides is 1. The second-order valence-corrected chi connectivity index (χ2v) is 11.5. The summed E-state index contributed by atoms with van der Waals surface area (Å²) in [7, 11) is 0. The summed E-state index contributed by atoms with van der Waals surface area (Å²) >= 11 is 1.57. The zero-order chi connectivity index (χ0) is 27.3. The third kappa shape index (κ3) is 10.0. The maximum atomic E-state index is 13.5. The first kappa shape index (κ1) is 33.5. The minimum atomic E-state index is -1.00. The van der Waals surface area contributed by atoms with Crippen molar-refractivity contribution >= 4 is 42.5 Å². The quantitative estimate of drug-likeness (QED) is 0.183. The number of nitrogens with one attached hydrogen (secondary N) is 1. The van der Waals surface area contributed by atoms with Crippen LogP contribution in [0.5, 0.6) is 0 Å². The van der Waals surface area contributed by atoms with E-state index in [0.29, 0.717) is 23.7 Å². The fourth-order valence-corrected chi connectivity index (χ4v) is 5.92. The van der Waals surface area contributed by atoms with Crippen LogP contribution in [-0.2, 0) is 9.53 Å². The van der Waals surface area contributed by atoms with Gasteiger partial charge in [-0.05, 0) is 84.9 Å². The summed E-state index contributed by atoms with van der Waals surface area (Å²) < 4.78 is 6.60. The van der Waals surface area contributed by atoms with Gasteiger partial charge in [-0.1, -0.05) is 75.8 Å². The number of thioether (sulfide) groups is 1. The second kappa shape index (κ2) is 17.9. The maximum absolute atomic E-state index is 13.5. The Kier molecular flexibility index (Phi) is 15.3. The molecule has 2 aromatic carbocycles. The van der Waals surface area contributed by atoms with Gasteiger partial charge in [-0.2, -0.15) is 11.8 Å². The van der Waals surface area contributed by atoms with Gasteiger partial charge in [0.1, 0.15) is 6.04 Å². The Morgan fingerprint density at radius 3 is 2.46 bits per heavy atom. The van der Waals surface area contributed by atoms with E-state index in [1.165, 1.54) is 38.5 Å². The Morgan fingerprint density at radius 2 is 1.79 bits per heavy atom. The molecule has 0 aromatic heterocycles. The van der Waals surface area contributed by atoms with Gasteiger partial charge in [0.2, 0.25) is 0 Å². The van der Waals surface area contributed by atoms with Gasteiger partial charge in [-0.3, -0.25) is 4.79 Å². The summed E-state index contributed by atoms with van der Waals surface area (Å²) in [5, 5.41) is 12.5. The average molecular weight is 548 g/mol. The van der Waals surface area contributed by atoms with Gasteiger partial charge in [-0.15, -0.1) is 0 Å². The van der Waals surface area contributed by atoms with E-state index in [9.17, 15) is 14.7 Å². The Labute approximate surface area is 251 Å². The van der Waals surface area contributed by atoms with Crippen LogP contribution in [0.2, 0.25) is 0 Å². The third-order valence-corrected chi connectivity index (χ3v) is 8.28. The number of carboxylic acids is 1. The first-order chi connectivity index (χ1) is 18.5. The van der Waals surface area contributed by atoms with E-state index in [2.05, 4.69) is 18.3 Å². The summed E-state index contributed by atoms with van der Waals surface area (Å²) in [4.78, 5) is 25.3. The summed E-state index contributed by atoms with van der Waals surface area (Å²) in [6.07, 6.45) is 13.1. The van der Waals surface area contributed by atoms with Crippen LogP contribution in [0.25, 0.3) is 11.1 Å². The van der Waals surface area contributed by atoms with Gasteiger partial charge >= 0.3 is 24.8 Å². The number of aryl methyl sites for hydroxylation is 1. The molecule has 1 fully saturated rings. The molecule has 2 atom stereocenters. The van der Waals surface area contributed by atoms with Crippen molar-refractivity contribution in [3.63, 3.8) is 0 Å². The fourth-order valence-electron chi connectivity index (χ4n) is 5.44. The number of hydrogen-bond donors (Lipinski definition) is 2. The summed E-state index contributed by atoms with van der Waals surface area (Å²) in [6, 6.07) is 13.2. The first-order valence-electron chi connectivity index (χ1n) is 14.3. The number of ether oxygens (including phenoxy) is 1. The zero-order valence-corrected chi connectivity index (χ0v) is 24.2. The second-order valence-electron chi connectivity index (χ2n) is 10.5. The Morgan fingerprint density at radius 1 is 1.05 bits per heavy atom. The molecule has 0 heterocycles. The summed E-state index contributed by atoms with van der Waals surface area (Å²) in [5.41, 5.74) is 4.51. The normalized spacial score (nSPS) is 15.3. The molecule has 2 aromatic rings. The summed E-state index contributed by atoms with van der Waals surface area (Å²) in [6.45, 7) is 5.02. The van der Waals surface area contributed by atoms with E-state index in [0.717, 1.165) is 48.1 Å². The van der Waals surface area contributed by atoms with Crippen LogP contribution in [0.15, 0.2) is 42.5 Å². The number of benzene rings is 2. The summed E-state index contributed by atoms with van der Waals surface area (Å²) in [5.74, 6) is -0.213. The molecule has 1 aliphatic carbocycles. The molecule has 0 spiro atoms. The Balaban J connectivity index is 0.00000533. The van der Waals surface area contributed by atoms with Gasteiger partial charge in [0.25, 0.3) is 5.91 Å². The van der Waals surface area contributed by atoms with Crippen molar-refractivity contribution in [2.24, 2.45) is 5.92 Å². The number of aliphatic carboxylic acids is 1. The molecule has 3 rings (SSSR count). The number of rotatable bonds is 15. The number of carbonyl (C=O) groups excluding carboxylic acids is 1. The van der Waals surface area contributed by atoms with E-state index in [-0.39, 0.29) is 30.9 Å². The number of carbonyl (C=O) groups is 2. The van der Waals surface area contributed by atoms with Crippen LogP contribution in [0, 0.1) is 12.8 Å². The molecule has 2 unspecified atom stereocenters. The topological polar surface area (TPSA) is 75.6 Å². The number of unbranched alkanes of at least 4 members (excludes halogenated alkanes) is 3. The van der Waals surface area contributed by atoms with Gasteiger partial charge in [0, 0.05) is 12.2 Å². The Bertz CT molecular complexity index is 1040. The van der Waals surface area contributed by atoms with Crippen LogP contribution >= 0.6 is 11.8 Å². The van der Waals surface area contributed by atoms with Crippen molar-refractivity contribution in [2.75, 3.05) is 18.6 Å². The van der Waals surface area contributed by atoms with E-state index < -0.39 is 12.0 Å². The predicted octanol–water partition coefficient (Wildman–Crippen LogP) is 7.17. The minimum absolute atomic E-state index is 0. The van der Waals surface area contributed by atoms with Gasteiger partial charge in [0.15, 0.2) is 0 Å². The van der Waals surface area contributed by atoms with E-state index in [1.54, 1.807) is 11.8 Å². The van der Waals surface area contributed by atoms with Gasteiger partial charge in [0.05, 0.1) is 6.10 Å². The first-order valence-corrected chi connectivity index (χ1v) is 15.7. The molecule has 5 nitrogen and oxygen atoms in total. The molecule has 39 heavy (non-hydrogen) atoms. The monoisotopic (exact) mass is 547 g/mol. The van der Waals surface area contributed by atoms with Crippen LogP contribution in [0.1, 0.15) is 98.7 Å². The van der Waals surface area contributed by atoms with Crippen molar-refractivity contribution < 1.29 is 19.4 Å². The molecular weight excluding hydrogens is 501 g/mol. The molecule has 0 aliphatic heterocycles. The molecule has 210 valence electrons. The number of hydrogen-bond acceptors (Lipinski definition) is 4. The van der Waals surface area contributed by atoms with E-state index in [1.807, 2.05) is 49.6 Å². The SMILES string of the molecule is CCCCCCOC(c1ccc(C(=O)NC(CCSC)C(=O)O)c(-c2ccccc2C)c1)C1CCCCC1.[LiH]. The van der Waals surface area contributed by atoms with E-state index in [4.69, 9.17) is 4.74 Å². The average Bonchev–Trinajstić information content (AvgIpc) is 2.93. The van der Waals surface area contributed by atoms with Gasteiger partial charge < -0.3 is 15.2 Å². The van der Waals surface area contributed by atoms with Crippen LogP contribution in [-0.4, -0.2) is 60.5 Å². The standard InChI is InChI=1S/C32H45NO4S.Li.H/c1-4-5-6-12-20-37-30(24-14-8-7-9-15-24)25-17-18-27(28(22-25)26-16-11-10-13-23(26)2)31(34)33-29(32(35)36)19-21-38-3;;/h10-11,13,16-18,22,24,29-30H,4-9,12,14-15,19-21H2,1-3H3,(H,33,34)(H,35,36);;. The van der Waals surface area contributed by atoms with Crippen LogP contribution in [0.4, 0.5) is 0 Å². The molecule has 0 bridgehead atoms. The molecule has 0 radical (unpaired) electrons. The Hall–Kier alpha value is -1.71. The van der Waals surface area contributed by atoms with Crippen molar-refractivity contribution in [3.05, 3.63) is 59.2 Å². The van der Waals surface area contributed by atoms with Crippen molar-refractivity contribution in [2.45, 2.75) is 90.2 Å². The molecule has 1 aliphatic rings. The number of carboxylic acid groups (broad SMARTS) is 1. The van der Waals surface area contributed by atoms with Crippen LogP contribution in [0.3, 0.4) is 0 Å². The molecule has 1 amide bonds. The van der Waals surface area contributed by atoms with Crippen molar-refractivity contribution in [3.8, 4) is 11.1 Å². The zero-order valence-electron chi connectivity index (χ0n) is 23.3. The van der Waals surface area contributed by atoms with Crippen LogP contribution < -0.4 is 5.32 Å². The molecule has 7 heteroatoms. The van der Waals surface area contributed by atoms with E-state index >= 15 is 0 Å². The van der Waals surface area contributed by atoms with Crippen molar-refractivity contribution in [1.29, 1.82) is 0 Å². The third-order valence-electron chi connectivity index (χ3n) is 7.64. The van der Waals surface area contributed by atoms with Gasteiger partial charge in [-0.25, -0.2) is 4.79 Å². The molecule has 1 saturated carbocycles. The molecular formula is C32H46LiNO4S. The predicted molar refractivity (Wildman–Crippen MR) is 165 cm³/mol.